The lowest BCUT2D eigenvalue weighted by Gasteiger charge is -2.17. The molecule has 0 N–H and O–H groups in total. The van der Waals surface area contributed by atoms with Crippen LogP contribution in [-0.4, -0.2) is 27.7 Å². The van der Waals surface area contributed by atoms with Crippen LogP contribution >= 0.6 is 0 Å². The van der Waals surface area contributed by atoms with Gasteiger partial charge in [-0.2, -0.15) is 8.42 Å². The highest BCUT2D eigenvalue weighted by molar-refractivity contribution is 7.86. The first-order chi connectivity index (χ1) is 9.08. The molecule has 0 aromatic heterocycles. The molecule has 5 heteroatoms. The summed E-state index contributed by atoms with van der Waals surface area (Å²) in [5.41, 5.74) is 1.01. The summed E-state index contributed by atoms with van der Waals surface area (Å²) in [6, 6.07) is 6.62. The monoisotopic (exact) mass is 282 g/mol. The molecule has 0 aliphatic carbocycles. The fourth-order valence-corrected chi connectivity index (χ4v) is 2.74. The Morgan fingerprint density at radius 1 is 1.32 bits per heavy atom. The maximum absolute atomic E-state index is 11.9. The molecule has 4 nitrogen and oxygen atoms in total. The van der Waals surface area contributed by atoms with E-state index in [-0.39, 0.29) is 17.6 Å². The molecular formula is C14H18O4S. The minimum absolute atomic E-state index is 0.0398. The van der Waals surface area contributed by atoms with Crippen LogP contribution in [0.25, 0.3) is 0 Å². The van der Waals surface area contributed by atoms with Gasteiger partial charge in [-0.1, -0.05) is 29.8 Å². The zero-order valence-electron chi connectivity index (χ0n) is 10.9. The van der Waals surface area contributed by atoms with Gasteiger partial charge in [-0.15, -0.1) is 0 Å². The van der Waals surface area contributed by atoms with Crippen molar-refractivity contribution >= 4 is 10.1 Å². The predicted molar refractivity (Wildman–Crippen MR) is 72.4 cm³/mol. The van der Waals surface area contributed by atoms with Gasteiger partial charge in [0.25, 0.3) is 10.1 Å². The second-order valence-corrected chi connectivity index (χ2v) is 6.12. The van der Waals surface area contributed by atoms with Crippen molar-refractivity contribution in [3.63, 3.8) is 0 Å². The van der Waals surface area contributed by atoms with E-state index in [0.717, 1.165) is 12.0 Å². The Balaban J connectivity index is 1.89. The Bertz CT molecular complexity index is 531. The van der Waals surface area contributed by atoms with Crippen LogP contribution in [0.15, 0.2) is 41.3 Å². The standard InChI is InChI=1S/C14H18O4S/c1-12-5-7-14(8-6-12)19(15,16)18-11-9-13-4-2-3-10-17-13/h2,4-8,13H,3,9-11H2,1H3. The van der Waals surface area contributed by atoms with Gasteiger partial charge in [0.2, 0.25) is 0 Å². The van der Waals surface area contributed by atoms with Crippen LogP contribution in [0.4, 0.5) is 0 Å². The van der Waals surface area contributed by atoms with Crippen LogP contribution in [0, 0.1) is 6.92 Å². The molecule has 0 spiro atoms. The average Bonchev–Trinajstić information content (AvgIpc) is 2.40. The molecule has 19 heavy (non-hydrogen) atoms. The minimum Gasteiger partial charge on any atom is -0.374 e. The van der Waals surface area contributed by atoms with Crippen LogP contribution in [0.5, 0.6) is 0 Å². The summed E-state index contributed by atoms with van der Waals surface area (Å²) in [6.07, 6.45) is 5.41. The highest BCUT2D eigenvalue weighted by Crippen LogP contribution is 2.15. The molecule has 1 aliphatic rings. The molecule has 0 amide bonds. The number of rotatable bonds is 5. The first kappa shape index (κ1) is 14.2. The van der Waals surface area contributed by atoms with Gasteiger partial charge < -0.3 is 4.74 Å². The number of ether oxygens (including phenoxy) is 1. The van der Waals surface area contributed by atoms with Gasteiger partial charge in [-0.25, -0.2) is 0 Å². The van der Waals surface area contributed by atoms with Crippen molar-refractivity contribution in [3.8, 4) is 0 Å². The van der Waals surface area contributed by atoms with E-state index >= 15 is 0 Å². The molecule has 1 aromatic rings. The molecule has 104 valence electrons. The third kappa shape index (κ3) is 4.16. The fraction of sp³-hybridized carbons (Fsp3) is 0.429. The van der Waals surface area contributed by atoms with E-state index in [0.29, 0.717) is 13.0 Å². The van der Waals surface area contributed by atoms with Gasteiger partial charge in [0.1, 0.15) is 0 Å². The number of hydrogen-bond acceptors (Lipinski definition) is 4. The lowest BCUT2D eigenvalue weighted by atomic mass is 10.2. The summed E-state index contributed by atoms with van der Waals surface area (Å²) in [5.74, 6) is 0. The molecule has 1 atom stereocenters. The molecule has 0 saturated carbocycles. The predicted octanol–water partition coefficient (Wildman–Crippen LogP) is 2.44. The van der Waals surface area contributed by atoms with E-state index in [1.165, 1.54) is 0 Å². The van der Waals surface area contributed by atoms with E-state index in [1.807, 2.05) is 19.1 Å². The zero-order valence-corrected chi connectivity index (χ0v) is 11.7. The normalized spacial score (nSPS) is 19.5. The van der Waals surface area contributed by atoms with Crippen LogP contribution in [0.2, 0.25) is 0 Å². The van der Waals surface area contributed by atoms with Crippen LogP contribution in [0.3, 0.4) is 0 Å². The van der Waals surface area contributed by atoms with Crippen molar-refractivity contribution in [3.05, 3.63) is 42.0 Å². The van der Waals surface area contributed by atoms with Crippen molar-refractivity contribution in [1.29, 1.82) is 0 Å². The largest absolute Gasteiger partial charge is 0.374 e. The third-order valence-electron chi connectivity index (χ3n) is 2.92. The Hall–Kier alpha value is -1.17. The van der Waals surface area contributed by atoms with E-state index in [9.17, 15) is 8.42 Å². The van der Waals surface area contributed by atoms with Crippen LogP contribution in [0.1, 0.15) is 18.4 Å². The van der Waals surface area contributed by atoms with Crippen molar-refractivity contribution in [2.24, 2.45) is 0 Å². The quantitative estimate of drug-likeness (QED) is 0.615. The van der Waals surface area contributed by atoms with E-state index in [2.05, 4.69) is 0 Å². The minimum atomic E-state index is -3.66. The van der Waals surface area contributed by atoms with Gasteiger partial charge in [0, 0.05) is 6.42 Å². The lowest BCUT2D eigenvalue weighted by molar-refractivity contribution is 0.0648. The Morgan fingerprint density at radius 2 is 2.05 bits per heavy atom. The number of hydrogen-bond donors (Lipinski definition) is 0. The Labute approximate surface area is 114 Å². The summed E-state index contributed by atoms with van der Waals surface area (Å²) in [7, 11) is -3.66. The molecule has 1 heterocycles. The molecule has 1 unspecified atom stereocenters. The van der Waals surface area contributed by atoms with Gasteiger partial charge >= 0.3 is 0 Å². The second-order valence-electron chi connectivity index (χ2n) is 4.50. The molecule has 1 aliphatic heterocycles. The van der Waals surface area contributed by atoms with Crippen molar-refractivity contribution in [2.75, 3.05) is 13.2 Å². The highest BCUT2D eigenvalue weighted by Gasteiger charge is 2.16. The van der Waals surface area contributed by atoms with E-state index in [1.54, 1.807) is 24.3 Å². The van der Waals surface area contributed by atoms with E-state index in [4.69, 9.17) is 8.92 Å². The summed E-state index contributed by atoms with van der Waals surface area (Å²) < 4.78 is 34.3. The van der Waals surface area contributed by atoms with Gasteiger partial charge in [0.15, 0.2) is 0 Å². The topological polar surface area (TPSA) is 52.6 Å². The molecule has 0 saturated heterocycles. The molecule has 0 fully saturated rings. The van der Waals surface area contributed by atoms with Crippen LogP contribution in [-0.2, 0) is 19.0 Å². The van der Waals surface area contributed by atoms with Crippen LogP contribution < -0.4 is 0 Å². The maximum Gasteiger partial charge on any atom is 0.296 e. The molecule has 1 aromatic carbocycles. The Morgan fingerprint density at radius 3 is 2.68 bits per heavy atom. The first-order valence-electron chi connectivity index (χ1n) is 6.32. The summed E-state index contributed by atoms with van der Waals surface area (Å²) in [5, 5.41) is 0. The summed E-state index contributed by atoms with van der Waals surface area (Å²) in [6.45, 7) is 2.72. The maximum atomic E-state index is 11.9. The third-order valence-corrected chi connectivity index (χ3v) is 4.24. The summed E-state index contributed by atoms with van der Waals surface area (Å²) in [4.78, 5) is 0.193. The van der Waals surface area contributed by atoms with Gasteiger partial charge in [0.05, 0.1) is 24.2 Å². The second kappa shape index (κ2) is 6.32. The number of aryl methyl sites for hydroxylation is 1. The molecule has 0 bridgehead atoms. The highest BCUT2D eigenvalue weighted by atomic mass is 32.2. The molecule has 0 radical (unpaired) electrons. The average molecular weight is 282 g/mol. The van der Waals surface area contributed by atoms with Crippen molar-refractivity contribution < 1.29 is 17.3 Å². The molecular weight excluding hydrogens is 264 g/mol. The SMILES string of the molecule is Cc1ccc(S(=O)(=O)OCCC2C=CCCO2)cc1. The van der Waals surface area contributed by atoms with Gasteiger partial charge in [-0.3, -0.25) is 4.18 Å². The zero-order chi connectivity index (χ0) is 13.7. The first-order valence-corrected chi connectivity index (χ1v) is 7.73. The van der Waals surface area contributed by atoms with E-state index < -0.39 is 10.1 Å². The van der Waals surface area contributed by atoms with Crippen molar-refractivity contribution in [1.82, 2.24) is 0 Å². The Kier molecular flexibility index (Phi) is 4.74. The smallest absolute Gasteiger partial charge is 0.296 e. The number of benzene rings is 1. The van der Waals surface area contributed by atoms with Gasteiger partial charge in [-0.05, 0) is 25.5 Å². The summed E-state index contributed by atoms with van der Waals surface area (Å²) >= 11 is 0. The van der Waals surface area contributed by atoms with Crippen molar-refractivity contribution in [2.45, 2.75) is 30.8 Å². The molecule has 2 rings (SSSR count). The lowest BCUT2D eigenvalue weighted by Crippen LogP contribution is -2.18. The fourth-order valence-electron chi connectivity index (χ4n) is 1.82.